The van der Waals surface area contributed by atoms with Crippen LogP contribution in [0.3, 0.4) is 0 Å². The number of hydrogen-bond donors (Lipinski definition) is 1. The van der Waals surface area contributed by atoms with Crippen molar-refractivity contribution in [3.63, 3.8) is 0 Å². The van der Waals surface area contributed by atoms with Crippen LogP contribution in [0.15, 0.2) is 54.6 Å². The maximum atomic E-state index is 6.06. The normalized spacial score (nSPS) is 10.1. The first-order valence-electron chi connectivity index (χ1n) is 5.08. The van der Waals surface area contributed by atoms with Gasteiger partial charge in [0.15, 0.2) is 0 Å². The first-order chi connectivity index (χ1) is 7.77. The van der Waals surface area contributed by atoms with E-state index >= 15 is 0 Å². The quantitative estimate of drug-likeness (QED) is 0.650. The molecule has 2 rings (SSSR count). The molecule has 0 heterocycles. The number of nitrogens with two attached hydrogens (primary N) is 1. The van der Waals surface area contributed by atoms with Crippen LogP contribution in [0.1, 0.15) is 5.56 Å². The fraction of sp³-hybridized carbons (Fsp3) is 0.0769. The highest BCUT2D eigenvalue weighted by Crippen LogP contribution is 2.24. The third-order valence-electron chi connectivity index (χ3n) is 2.36. The second-order valence-electron chi connectivity index (χ2n) is 3.56. The molecule has 0 fully saturated rings. The second-order valence-corrected chi connectivity index (χ2v) is 3.97. The van der Waals surface area contributed by atoms with Gasteiger partial charge in [-0.25, -0.2) is 5.84 Å². The standard InChI is InChI=1S/C13H13ClN2/c14-12-8-4-5-9-13(12)16(15)10-11-6-2-1-3-7-11/h1-9H,10,15H2. The van der Waals surface area contributed by atoms with Crippen molar-refractivity contribution in [1.82, 2.24) is 0 Å². The number of rotatable bonds is 3. The summed E-state index contributed by atoms with van der Waals surface area (Å²) in [6.07, 6.45) is 0. The minimum absolute atomic E-state index is 0.643. The highest BCUT2D eigenvalue weighted by Gasteiger charge is 2.05. The molecule has 3 heteroatoms. The van der Waals surface area contributed by atoms with Crippen LogP contribution < -0.4 is 10.9 Å². The zero-order chi connectivity index (χ0) is 11.4. The third kappa shape index (κ3) is 2.54. The minimum Gasteiger partial charge on any atom is -0.305 e. The molecular formula is C13H13ClN2. The van der Waals surface area contributed by atoms with Crippen LogP contribution in [0, 0.1) is 0 Å². The molecule has 82 valence electrons. The Labute approximate surface area is 100 Å². The molecule has 16 heavy (non-hydrogen) atoms. The van der Waals surface area contributed by atoms with Crippen LogP contribution in [0.2, 0.25) is 5.02 Å². The highest BCUT2D eigenvalue weighted by atomic mass is 35.5. The summed E-state index contributed by atoms with van der Waals surface area (Å²) in [5.74, 6) is 5.98. The summed E-state index contributed by atoms with van der Waals surface area (Å²) < 4.78 is 0. The van der Waals surface area contributed by atoms with Crippen molar-refractivity contribution >= 4 is 17.3 Å². The minimum atomic E-state index is 0.643. The van der Waals surface area contributed by atoms with Crippen LogP contribution in [0.5, 0.6) is 0 Å². The van der Waals surface area contributed by atoms with Gasteiger partial charge < -0.3 is 5.01 Å². The summed E-state index contributed by atoms with van der Waals surface area (Å²) in [6, 6.07) is 17.6. The predicted octanol–water partition coefficient (Wildman–Crippen LogP) is 3.22. The number of halogens is 1. The van der Waals surface area contributed by atoms with Crippen LogP contribution >= 0.6 is 11.6 Å². The number of hydrogen-bond acceptors (Lipinski definition) is 2. The van der Waals surface area contributed by atoms with Gasteiger partial charge in [0, 0.05) is 0 Å². The molecule has 2 aromatic carbocycles. The van der Waals surface area contributed by atoms with E-state index in [1.165, 1.54) is 0 Å². The number of anilines is 1. The van der Waals surface area contributed by atoms with Gasteiger partial charge in [-0.3, -0.25) is 0 Å². The monoisotopic (exact) mass is 232 g/mol. The van der Waals surface area contributed by atoms with E-state index in [4.69, 9.17) is 17.4 Å². The van der Waals surface area contributed by atoms with Gasteiger partial charge in [0.05, 0.1) is 17.3 Å². The number of benzene rings is 2. The van der Waals surface area contributed by atoms with Crippen molar-refractivity contribution in [2.45, 2.75) is 6.54 Å². The fourth-order valence-corrected chi connectivity index (χ4v) is 1.79. The summed E-state index contributed by atoms with van der Waals surface area (Å²) in [5, 5.41) is 2.32. The van der Waals surface area contributed by atoms with E-state index in [2.05, 4.69) is 0 Å². The van der Waals surface area contributed by atoms with Gasteiger partial charge in [0.1, 0.15) is 0 Å². The first kappa shape index (κ1) is 11.0. The summed E-state index contributed by atoms with van der Waals surface area (Å²) in [4.78, 5) is 0. The van der Waals surface area contributed by atoms with Crippen LogP contribution in [-0.2, 0) is 6.54 Å². The molecule has 2 N–H and O–H groups in total. The zero-order valence-corrected chi connectivity index (χ0v) is 9.56. The molecule has 0 bridgehead atoms. The molecule has 0 amide bonds. The van der Waals surface area contributed by atoms with Gasteiger partial charge in [0.25, 0.3) is 0 Å². The van der Waals surface area contributed by atoms with Crippen LogP contribution in [-0.4, -0.2) is 0 Å². The van der Waals surface area contributed by atoms with E-state index in [0.29, 0.717) is 11.6 Å². The Bertz CT molecular complexity index is 456. The Kier molecular flexibility index (Phi) is 3.44. The van der Waals surface area contributed by atoms with Crippen molar-refractivity contribution in [1.29, 1.82) is 0 Å². The number of nitrogens with zero attached hydrogens (tertiary/aromatic N) is 1. The molecule has 0 spiro atoms. The first-order valence-corrected chi connectivity index (χ1v) is 5.46. The third-order valence-corrected chi connectivity index (χ3v) is 2.68. The SMILES string of the molecule is NN(Cc1ccccc1)c1ccccc1Cl. The average molecular weight is 233 g/mol. The van der Waals surface area contributed by atoms with Crippen molar-refractivity contribution < 1.29 is 0 Å². The van der Waals surface area contributed by atoms with Crippen LogP contribution in [0.4, 0.5) is 5.69 Å². The lowest BCUT2D eigenvalue weighted by atomic mass is 10.2. The Balaban J connectivity index is 2.15. The molecule has 2 nitrogen and oxygen atoms in total. The average Bonchev–Trinajstić information content (AvgIpc) is 2.31. The number of hydrazine groups is 1. The van der Waals surface area contributed by atoms with E-state index < -0.39 is 0 Å². The van der Waals surface area contributed by atoms with E-state index in [-0.39, 0.29) is 0 Å². The zero-order valence-electron chi connectivity index (χ0n) is 8.81. The Morgan fingerprint density at radius 2 is 1.56 bits per heavy atom. The maximum absolute atomic E-state index is 6.06. The molecule has 0 aromatic heterocycles. The van der Waals surface area contributed by atoms with E-state index in [1.54, 1.807) is 5.01 Å². The second kappa shape index (κ2) is 5.01. The van der Waals surface area contributed by atoms with Crippen molar-refractivity contribution in [3.8, 4) is 0 Å². The van der Waals surface area contributed by atoms with Gasteiger partial charge in [-0.05, 0) is 17.7 Å². The lowest BCUT2D eigenvalue weighted by Crippen LogP contribution is -2.30. The maximum Gasteiger partial charge on any atom is 0.0707 e. The fourth-order valence-electron chi connectivity index (χ4n) is 1.55. The number of para-hydroxylation sites is 1. The predicted molar refractivity (Wildman–Crippen MR) is 68.3 cm³/mol. The van der Waals surface area contributed by atoms with Gasteiger partial charge in [-0.1, -0.05) is 54.1 Å². The largest absolute Gasteiger partial charge is 0.305 e. The lowest BCUT2D eigenvalue weighted by molar-refractivity contribution is 0.853. The van der Waals surface area contributed by atoms with Gasteiger partial charge >= 0.3 is 0 Å². The molecule has 0 aliphatic rings. The van der Waals surface area contributed by atoms with Gasteiger partial charge in [-0.15, -0.1) is 0 Å². The molecule has 0 aliphatic heterocycles. The Hall–Kier alpha value is -1.51. The van der Waals surface area contributed by atoms with E-state index in [1.807, 2.05) is 54.6 Å². The van der Waals surface area contributed by atoms with Crippen molar-refractivity contribution in [2.24, 2.45) is 5.84 Å². The van der Waals surface area contributed by atoms with Gasteiger partial charge in [-0.2, -0.15) is 0 Å². The molecule has 2 aromatic rings. The van der Waals surface area contributed by atoms with E-state index in [9.17, 15) is 0 Å². The molecule has 0 radical (unpaired) electrons. The lowest BCUT2D eigenvalue weighted by Gasteiger charge is -2.19. The van der Waals surface area contributed by atoms with Crippen molar-refractivity contribution in [3.05, 3.63) is 65.2 Å². The highest BCUT2D eigenvalue weighted by molar-refractivity contribution is 6.33. The molecule has 0 unspecified atom stereocenters. The Morgan fingerprint density at radius 1 is 0.938 bits per heavy atom. The Morgan fingerprint density at radius 3 is 2.25 bits per heavy atom. The van der Waals surface area contributed by atoms with E-state index in [0.717, 1.165) is 11.3 Å². The molecule has 0 saturated carbocycles. The molecule has 0 atom stereocenters. The molecular weight excluding hydrogens is 220 g/mol. The summed E-state index contributed by atoms with van der Waals surface area (Å²) in [5.41, 5.74) is 2.00. The van der Waals surface area contributed by atoms with Crippen molar-refractivity contribution in [2.75, 3.05) is 5.01 Å². The molecule has 0 saturated heterocycles. The molecule has 0 aliphatic carbocycles. The summed E-state index contributed by atoms with van der Waals surface area (Å²) >= 11 is 6.06. The smallest absolute Gasteiger partial charge is 0.0707 e. The topological polar surface area (TPSA) is 29.3 Å². The summed E-state index contributed by atoms with van der Waals surface area (Å²) in [7, 11) is 0. The summed E-state index contributed by atoms with van der Waals surface area (Å²) in [6.45, 7) is 0.643. The van der Waals surface area contributed by atoms with Crippen LogP contribution in [0.25, 0.3) is 0 Å². The van der Waals surface area contributed by atoms with Gasteiger partial charge in [0.2, 0.25) is 0 Å².